The third-order valence-electron chi connectivity index (χ3n) is 3.83. The van der Waals surface area contributed by atoms with Gasteiger partial charge in [0.1, 0.15) is 11.6 Å². The molecular weight excluding hydrogens is 401 g/mol. The Morgan fingerprint density at radius 3 is 2.39 bits per heavy atom. The number of rotatable bonds is 3. The summed E-state index contributed by atoms with van der Waals surface area (Å²) in [6, 6.07) is 12.4. The molecule has 3 rings (SSSR count). The highest BCUT2D eigenvalue weighted by molar-refractivity contribution is 6.34. The summed E-state index contributed by atoms with van der Waals surface area (Å²) in [6.07, 6.45) is -4.56. The number of amides is 1. The molecule has 0 aliphatic carbocycles. The fourth-order valence-corrected chi connectivity index (χ4v) is 2.70. The summed E-state index contributed by atoms with van der Waals surface area (Å²) in [5.74, 6) is -2.24. The van der Waals surface area contributed by atoms with Crippen molar-refractivity contribution in [3.05, 3.63) is 88.4 Å². The van der Waals surface area contributed by atoms with E-state index in [1.807, 2.05) is 0 Å². The lowest BCUT2D eigenvalue weighted by Crippen LogP contribution is -2.13. The van der Waals surface area contributed by atoms with Crippen molar-refractivity contribution in [1.82, 2.24) is 0 Å². The minimum absolute atomic E-state index is 0.00260. The van der Waals surface area contributed by atoms with Crippen LogP contribution < -0.4 is 5.32 Å². The number of hydrogen-bond acceptors (Lipinski definition) is 1. The average molecular weight is 411 g/mol. The van der Waals surface area contributed by atoms with Crippen LogP contribution in [0.2, 0.25) is 5.02 Å². The molecule has 0 aliphatic rings. The van der Waals surface area contributed by atoms with Crippen molar-refractivity contribution < 1.29 is 26.7 Å². The fourth-order valence-electron chi connectivity index (χ4n) is 2.47. The Hall–Kier alpha value is -2.93. The Morgan fingerprint density at radius 1 is 1.00 bits per heavy atom. The van der Waals surface area contributed by atoms with E-state index in [0.717, 1.165) is 18.2 Å². The Bertz CT molecular complexity index is 1050. The van der Waals surface area contributed by atoms with Crippen LogP contribution in [0.4, 0.5) is 27.6 Å². The van der Waals surface area contributed by atoms with Gasteiger partial charge in [-0.2, -0.15) is 13.2 Å². The number of alkyl halides is 3. The lowest BCUT2D eigenvalue weighted by atomic mass is 10.0. The number of hydrogen-bond donors (Lipinski definition) is 1. The van der Waals surface area contributed by atoms with Gasteiger partial charge in [0, 0.05) is 17.2 Å². The van der Waals surface area contributed by atoms with Crippen LogP contribution in [-0.4, -0.2) is 5.91 Å². The Kier molecular flexibility index (Phi) is 5.38. The topological polar surface area (TPSA) is 29.1 Å². The molecule has 143 valence electrons. The van der Waals surface area contributed by atoms with Gasteiger partial charge in [-0.15, -0.1) is 0 Å². The summed E-state index contributed by atoms with van der Waals surface area (Å²) in [7, 11) is 0. The van der Waals surface area contributed by atoms with Crippen LogP contribution in [-0.2, 0) is 6.18 Å². The molecule has 0 spiro atoms. The molecule has 3 aromatic rings. The van der Waals surface area contributed by atoms with Gasteiger partial charge in [-0.1, -0.05) is 23.7 Å². The summed E-state index contributed by atoms with van der Waals surface area (Å²) in [5.41, 5.74) is -0.587. The SMILES string of the molecule is O=C(Nc1ccc(C(F)(F)F)cc1Cl)c1[c]ccc(-c2ccc(F)cc2F)c1. The quantitative estimate of drug-likeness (QED) is 0.500. The lowest BCUT2D eigenvalue weighted by molar-refractivity contribution is -0.137. The number of nitrogens with one attached hydrogen (secondary N) is 1. The molecule has 0 saturated carbocycles. The molecule has 1 radical (unpaired) electrons. The van der Waals surface area contributed by atoms with Crippen LogP contribution in [0.25, 0.3) is 11.1 Å². The van der Waals surface area contributed by atoms with E-state index in [9.17, 15) is 26.7 Å². The highest BCUT2D eigenvalue weighted by atomic mass is 35.5. The molecule has 0 bridgehead atoms. The van der Waals surface area contributed by atoms with E-state index in [4.69, 9.17) is 11.6 Å². The highest BCUT2D eigenvalue weighted by Crippen LogP contribution is 2.34. The van der Waals surface area contributed by atoms with Crippen LogP contribution in [0.3, 0.4) is 0 Å². The minimum atomic E-state index is -4.56. The number of carbonyl (C=O) groups is 1. The molecule has 0 unspecified atom stereocenters. The highest BCUT2D eigenvalue weighted by Gasteiger charge is 2.31. The summed E-state index contributed by atoms with van der Waals surface area (Å²) in [4.78, 5) is 12.4. The van der Waals surface area contributed by atoms with Gasteiger partial charge in [0.2, 0.25) is 0 Å². The predicted molar refractivity (Wildman–Crippen MR) is 95.0 cm³/mol. The molecule has 1 amide bonds. The maximum Gasteiger partial charge on any atom is 0.416 e. The zero-order valence-electron chi connectivity index (χ0n) is 13.9. The molecule has 0 heterocycles. The van der Waals surface area contributed by atoms with Crippen molar-refractivity contribution in [2.45, 2.75) is 6.18 Å². The van der Waals surface area contributed by atoms with E-state index in [-0.39, 0.29) is 21.8 Å². The van der Waals surface area contributed by atoms with Crippen molar-refractivity contribution in [1.29, 1.82) is 0 Å². The fraction of sp³-hybridized carbons (Fsp3) is 0.0500. The molecule has 2 nitrogen and oxygen atoms in total. The van der Waals surface area contributed by atoms with E-state index in [1.54, 1.807) is 0 Å². The van der Waals surface area contributed by atoms with Gasteiger partial charge in [-0.05, 0) is 48.0 Å². The Morgan fingerprint density at radius 2 is 1.75 bits per heavy atom. The maximum absolute atomic E-state index is 13.9. The summed E-state index contributed by atoms with van der Waals surface area (Å²) >= 11 is 5.82. The number of carbonyl (C=O) groups excluding carboxylic acids is 1. The Labute approximate surface area is 161 Å². The molecule has 8 heteroatoms. The van der Waals surface area contributed by atoms with Gasteiger partial charge in [0.15, 0.2) is 0 Å². The first-order chi connectivity index (χ1) is 13.1. The van der Waals surface area contributed by atoms with Crippen LogP contribution in [0.15, 0.2) is 54.6 Å². The second-order valence-corrected chi connectivity index (χ2v) is 6.17. The first kappa shape index (κ1) is 19.8. The molecule has 0 atom stereocenters. The predicted octanol–water partition coefficient (Wildman–Crippen LogP) is 6.36. The molecule has 0 aromatic heterocycles. The summed E-state index contributed by atoms with van der Waals surface area (Å²) < 4.78 is 65.1. The van der Waals surface area contributed by atoms with Crippen molar-refractivity contribution in [3.63, 3.8) is 0 Å². The van der Waals surface area contributed by atoms with Gasteiger partial charge in [0.25, 0.3) is 5.91 Å². The van der Waals surface area contributed by atoms with Gasteiger partial charge >= 0.3 is 6.18 Å². The third-order valence-corrected chi connectivity index (χ3v) is 4.15. The summed E-state index contributed by atoms with van der Waals surface area (Å²) in [5, 5.41) is 2.10. The lowest BCUT2D eigenvalue weighted by Gasteiger charge is -2.11. The minimum Gasteiger partial charge on any atom is -0.321 e. The monoisotopic (exact) mass is 410 g/mol. The van der Waals surface area contributed by atoms with Crippen molar-refractivity contribution in [3.8, 4) is 11.1 Å². The van der Waals surface area contributed by atoms with E-state index < -0.39 is 29.3 Å². The van der Waals surface area contributed by atoms with Gasteiger partial charge in [-0.25, -0.2) is 8.78 Å². The largest absolute Gasteiger partial charge is 0.416 e. The van der Waals surface area contributed by atoms with Crippen LogP contribution in [0, 0.1) is 17.7 Å². The molecule has 0 saturated heterocycles. The van der Waals surface area contributed by atoms with Crippen molar-refractivity contribution >= 4 is 23.2 Å². The smallest absolute Gasteiger partial charge is 0.321 e. The first-order valence-electron chi connectivity index (χ1n) is 7.80. The van der Waals surface area contributed by atoms with E-state index >= 15 is 0 Å². The van der Waals surface area contributed by atoms with Gasteiger partial charge in [0.05, 0.1) is 16.3 Å². The van der Waals surface area contributed by atoms with Crippen LogP contribution in [0.1, 0.15) is 15.9 Å². The molecule has 28 heavy (non-hydrogen) atoms. The molecule has 0 fully saturated rings. The van der Waals surface area contributed by atoms with Gasteiger partial charge < -0.3 is 5.32 Å². The van der Waals surface area contributed by atoms with Crippen molar-refractivity contribution in [2.24, 2.45) is 0 Å². The average Bonchev–Trinajstić information content (AvgIpc) is 2.62. The Balaban J connectivity index is 1.86. The van der Waals surface area contributed by atoms with E-state index in [0.29, 0.717) is 17.7 Å². The maximum atomic E-state index is 13.9. The zero-order chi connectivity index (χ0) is 20.5. The molecule has 1 N–H and O–H groups in total. The van der Waals surface area contributed by atoms with E-state index in [2.05, 4.69) is 11.4 Å². The summed E-state index contributed by atoms with van der Waals surface area (Å²) in [6.45, 7) is 0. The van der Waals surface area contributed by atoms with Crippen LogP contribution in [0.5, 0.6) is 0 Å². The first-order valence-corrected chi connectivity index (χ1v) is 8.18. The number of anilines is 1. The van der Waals surface area contributed by atoms with E-state index in [1.165, 1.54) is 24.3 Å². The van der Waals surface area contributed by atoms with Gasteiger partial charge in [-0.3, -0.25) is 4.79 Å². The second kappa shape index (κ2) is 7.59. The molecular formula is C20H10ClF5NO. The second-order valence-electron chi connectivity index (χ2n) is 5.76. The number of benzene rings is 3. The third kappa shape index (κ3) is 4.31. The molecule has 3 aromatic carbocycles. The standard InChI is InChI=1S/C20H10ClF5NO/c21-16-9-13(20(24,25)26)4-7-18(16)27-19(28)12-3-1-2-11(8-12)15-6-5-14(22)10-17(15)23/h1-2,4-10H,(H,27,28). The number of halogens is 6. The van der Waals surface area contributed by atoms with Crippen molar-refractivity contribution in [2.75, 3.05) is 5.32 Å². The molecule has 0 aliphatic heterocycles. The van der Waals surface area contributed by atoms with Crippen LogP contribution >= 0.6 is 11.6 Å². The zero-order valence-corrected chi connectivity index (χ0v) is 14.6. The normalized spacial score (nSPS) is 11.4.